The van der Waals surface area contributed by atoms with Gasteiger partial charge in [0, 0.05) is 38.3 Å². The molecule has 156 valence electrons. The van der Waals surface area contributed by atoms with E-state index in [-0.39, 0.29) is 11.6 Å². The highest BCUT2D eigenvalue weighted by Gasteiger charge is 2.29. The molecular weight excluding hydrogens is 336 g/mol. The number of urea groups is 1. The Labute approximate surface area is 166 Å². The minimum atomic E-state index is 0.0505. The molecule has 0 atom stereocenters. The van der Waals surface area contributed by atoms with Crippen molar-refractivity contribution < 1.29 is 4.79 Å². The summed E-state index contributed by atoms with van der Waals surface area (Å²) in [5.41, 5.74) is 0.0505. The van der Waals surface area contributed by atoms with Crippen LogP contribution in [0.4, 0.5) is 4.79 Å². The second-order valence-electron chi connectivity index (χ2n) is 9.66. The van der Waals surface area contributed by atoms with Gasteiger partial charge in [-0.25, -0.2) is 4.79 Å². The van der Waals surface area contributed by atoms with Gasteiger partial charge in [-0.1, -0.05) is 25.7 Å². The third-order valence-electron chi connectivity index (χ3n) is 7.00. The summed E-state index contributed by atoms with van der Waals surface area (Å²) in [4.78, 5) is 20.0. The van der Waals surface area contributed by atoms with Crippen LogP contribution in [-0.2, 0) is 0 Å². The van der Waals surface area contributed by atoms with E-state index in [0.29, 0.717) is 0 Å². The Morgan fingerprint density at radius 1 is 0.852 bits per heavy atom. The number of amides is 2. The highest BCUT2D eigenvalue weighted by molar-refractivity contribution is 5.74. The van der Waals surface area contributed by atoms with Gasteiger partial charge in [0.05, 0.1) is 0 Å². The quantitative estimate of drug-likeness (QED) is 0.795. The zero-order valence-corrected chi connectivity index (χ0v) is 17.8. The molecule has 0 bridgehead atoms. The van der Waals surface area contributed by atoms with E-state index >= 15 is 0 Å². The van der Waals surface area contributed by atoms with Gasteiger partial charge in [-0.15, -0.1) is 0 Å². The Morgan fingerprint density at radius 2 is 1.56 bits per heavy atom. The summed E-state index contributed by atoms with van der Waals surface area (Å²) >= 11 is 0. The lowest BCUT2D eigenvalue weighted by atomic mass is 9.89. The molecule has 5 nitrogen and oxygen atoms in total. The van der Waals surface area contributed by atoms with Gasteiger partial charge in [0.15, 0.2) is 0 Å². The molecule has 0 aromatic heterocycles. The SMILES string of the molecule is CC(C)(CNC(=O)N1CCCN(CC2CCCCC2)CC1)N1CCCCC1. The van der Waals surface area contributed by atoms with Crippen LogP contribution in [0.1, 0.15) is 71.6 Å². The van der Waals surface area contributed by atoms with Crippen LogP contribution in [0, 0.1) is 5.92 Å². The Hall–Kier alpha value is -0.810. The lowest BCUT2D eigenvalue weighted by Crippen LogP contribution is -2.55. The molecule has 27 heavy (non-hydrogen) atoms. The highest BCUT2D eigenvalue weighted by Crippen LogP contribution is 2.25. The summed E-state index contributed by atoms with van der Waals surface area (Å²) in [5, 5.41) is 3.24. The van der Waals surface area contributed by atoms with E-state index in [0.717, 1.165) is 45.1 Å². The molecule has 0 aromatic rings. The van der Waals surface area contributed by atoms with E-state index in [1.165, 1.54) is 71.0 Å². The number of rotatable bonds is 5. The van der Waals surface area contributed by atoms with Gasteiger partial charge < -0.3 is 15.1 Å². The molecule has 2 heterocycles. The van der Waals surface area contributed by atoms with Crippen molar-refractivity contribution >= 4 is 6.03 Å². The summed E-state index contributed by atoms with van der Waals surface area (Å²) < 4.78 is 0. The lowest BCUT2D eigenvalue weighted by Gasteiger charge is -2.41. The summed E-state index contributed by atoms with van der Waals surface area (Å²) in [5.74, 6) is 0.893. The van der Waals surface area contributed by atoms with Crippen LogP contribution in [0.3, 0.4) is 0 Å². The monoisotopic (exact) mass is 378 g/mol. The fourth-order valence-electron chi connectivity index (χ4n) is 5.11. The average Bonchev–Trinajstić information content (AvgIpc) is 2.93. The summed E-state index contributed by atoms with van der Waals surface area (Å²) in [6.07, 6.45) is 12.1. The Kier molecular flexibility index (Phi) is 7.83. The molecule has 3 rings (SSSR count). The van der Waals surface area contributed by atoms with E-state index < -0.39 is 0 Å². The molecule has 2 saturated heterocycles. The first-order valence-electron chi connectivity index (χ1n) is 11.5. The molecule has 0 unspecified atom stereocenters. The predicted octanol–water partition coefficient (Wildman–Crippen LogP) is 3.55. The van der Waals surface area contributed by atoms with Gasteiger partial charge in [-0.3, -0.25) is 4.90 Å². The van der Waals surface area contributed by atoms with Crippen molar-refractivity contribution in [2.45, 2.75) is 77.2 Å². The minimum absolute atomic E-state index is 0.0505. The highest BCUT2D eigenvalue weighted by atomic mass is 16.2. The Balaban J connectivity index is 1.40. The molecule has 3 aliphatic rings. The zero-order valence-electron chi connectivity index (χ0n) is 17.8. The standard InChI is InChI=1S/C22H42N4O/c1-22(2,26-14-7-4-8-15-26)19-23-21(27)25-13-9-12-24(16-17-25)18-20-10-5-3-6-11-20/h20H,3-19H2,1-2H3,(H,23,27). The van der Waals surface area contributed by atoms with Crippen molar-refractivity contribution in [2.24, 2.45) is 5.92 Å². The lowest BCUT2D eigenvalue weighted by molar-refractivity contribution is 0.0939. The molecule has 2 amide bonds. The number of nitrogens with zero attached hydrogens (tertiary/aromatic N) is 3. The number of nitrogens with one attached hydrogen (secondary N) is 1. The first-order chi connectivity index (χ1) is 13.0. The van der Waals surface area contributed by atoms with Gasteiger partial charge in [0.1, 0.15) is 0 Å². The van der Waals surface area contributed by atoms with Gasteiger partial charge in [0.2, 0.25) is 0 Å². The van der Waals surface area contributed by atoms with E-state index in [1.54, 1.807) is 0 Å². The maximum Gasteiger partial charge on any atom is 0.317 e. The van der Waals surface area contributed by atoms with Crippen LogP contribution < -0.4 is 5.32 Å². The molecule has 1 saturated carbocycles. The third kappa shape index (κ3) is 6.35. The number of carbonyl (C=O) groups excluding carboxylic acids is 1. The molecule has 0 aromatic carbocycles. The van der Waals surface area contributed by atoms with Crippen molar-refractivity contribution in [2.75, 3.05) is 52.4 Å². The molecule has 2 aliphatic heterocycles. The molecule has 3 fully saturated rings. The fraction of sp³-hybridized carbons (Fsp3) is 0.955. The smallest absolute Gasteiger partial charge is 0.317 e. The normalized spacial score (nSPS) is 24.6. The van der Waals surface area contributed by atoms with Crippen LogP contribution in [0.5, 0.6) is 0 Å². The van der Waals surface area contributed by atoms with Crippen LogP contribution in [0.25, 0.3) is 0 Å². The number of hydrogen-bond acceptors (Lipinski definition) is 3. The number of carbonyl (C=O) groups is 1. The van der Waals surface area contributed by atoms with Crippen molar-refractivity contribution in [1.29, 1.82) is 0 Å². The number of piperidine rings is 1. The second kappa shape index (κ2) is 10.1. The Morgan fingerprint density at radius 3 is 2.30 bits per heavy atom. The van der Waals surface area contributed by atoms with Crippen molar-refractivity contribution in [3.63, 3.8) is 0 Å². The molecule has 0 radical (unpaired) electrons. The first-order valence-corrected chi connectivity index (χ1v) is 11.5. The predicted molar refractivity (Wildman–Crippen MR) is 112 cm³/mol. The Bertz CT molecular complexity index is 455. The van der Waals surface area contributed by atoms with E-state index in [2.05, 4.69) is 29.0 Å². The fourth-order valence-corrected chi connectivity index (χ4v) is 5.11. The molecular formula is C22H42N4O. The zero-order chi connectivity index (χ0) is 19.1. The molecule has 1 N–H and O–H groups in total. The van der Waals surface area contributed by atoms with Gasteiger partial charge in [-0.05, 0) is 71.5 Å². The maximum atomic E-state index is 12.8. The van der Waals surface area contributed by atoms with Crippen LogP contribution in [0.15, 0.2) is 0 Å². The van der Waals surface area contributed by atoms with E-state index in [1.807, 2.05) is 4.90 Å². The first kappa shape index (κ1) is 20.9. The summed E-state index contributed by atoms with van der Waals surface area (Å²) in [7, 11) is 0. The molecule has 1 aliphatic carbocycles. The van der Waals surface area contributed by atoms with Crippen LogP contribution in [-0.4, -0.2) is 78.6 Å². The van der Waals surface area contributed by atoms with Crippen LogP contribution >= 0.6 is 0 Å². The molecule has 0 spiro atoms. The topological polar surface area (TPSA) is 38.8 Å². The number of hydrogen-bond donors (Lipinski definition) is 1. The minimum Gasteiger partial charge on any atom is -0.336 e. The van der Waals surface area contributed by atoms with Gasteiger partial charge >= 0.3 is 6.03 Å². The third-order valence-corrected chi connectivity index (χ3v) is 7.00. The van der Waals surface area contributed by atoms with Crippen molar-refractivity contribution in [1.82, 2.24) is 20.0 Å². The largest absolute Gasteiger partial charge is 0.336 e. The molecule has 5 heteroatoms. The number of likely N-dealkylation sites (tertiary alicyclic amines) is 1. The average molecular weight is 379 g/mol. The maximum absolute atomic E-state index is 12.8. The van der Waals surface area contributed by atoms with E-state index in [9.17, 15) is 4.79 Å². The van der Waals surface area contributed by atoms with Crippen molar-refractivity contribution in [3.05, 3.63) is 0 Å². The summed E-state index contributed by atoms with van der Waals surface area (Å²) in [6.45, 7) is 12.8. The second-order valence-corrected chi connectivity index (χ2v) is 9.66. The summed E-state index contributed by atoms with van der Waals surface area (Å²) in [6, 6.07) is 0.139. The van der Waals surface area contributed by atoms with Gasteiger partial charge in [-0.2, -0.15) is 0 Å². The van der Waals surface area contributed by atoms with E-state index in [4.69, 9.17) is 0 Å². The van der Waals surface area contributed by atoms with Crippen LogP contribution in [0.2, 0.25) is 0 Å². The van der Waals surface area contributed by atoms with Gasteiger partial charge in [0.25, 0.3) is 0 Å². The van der Waals surface area contributed by atoms with Crippen molar-refractivity contribution in [3.8, 4) is 0 Å².